The van der Waals surface area contributed by atoms with Crippen molar-refractivity contribution in [1.29, 1.82) is 0 Å². The van der Waals surface area contributed by atoms with E-state index in [0.717, 1.165) is 30.2 Å². The number of anilines is 1. The van der Waals surface area contributed by atoms with Gasteiger partial charge in [0, 0.05) is 24.7 Å². The van der Waals surface area contributed by atoms with Gasteiger partial charge in [-0.1, -0.05) is 30.3 Å². The summed E-state index contributed by atoms with van der Waals surface area (Å²) in [6.07, 6.45) is 1.22. The maximum absolute atomic E-state index is 4.40. The van der Waals surface area contributed by atoms with Gasteiger partial charge >= 0.3 is 0 Å². The third-order valence-corrected chi connectivity index (χ3v) is 4.15. The number of nitrogens with one attached hydrogen (secondary N) is 1. The van der Waals surface area contributed by atoms with Gasteiger partial charge in [0.2, 0.25) is 0 Å². The Balaban J connectivity index is 1.59. The monoisotopic (exact) mass is 252 g/mol. The van der Waals surface area contributed by atoms with E-state index >= 15 is 0 Å². The SMILES string of the molecule is c1ccc(-c2ccc(N3CCC4NCC43)nn2)cc1. The molecule has 3 heterocycles. The summed E-state index contributed by atoms with van der Waals surface area (Å²) in [5.74, 6) is 1.01. The first-order valence-corrected chi connectivity index (χ1v) is 6.81. The molecular weight excluding hydrogens is 236 g/mol. The van der Waals surface area contributed by atoms with Crippen LogP contribution >= 0.6 is 0 Å². The maximum atomic E-state index is 4.40. The number of hydrogen-bond acceptors (Lipinski definition) is 4. The molecule has 1 N–H and O–H groups in total. The van der Waals surface area contributed by atoms with E-state index in [1.54, 1.807) is 0 Å². The van der Waals surface area contributed by atoms with E-state index in [4.69, 9.17) is 0 Å². The van der Waals surface area contributed by atoms with Crippen LogP contribution in [0.3, 0.4) is 0 Å². The number of benzene rings is 1. The Labute approximate surface area is 112 Å². The highest BCUT2D eigenvalue weighted by Crippen LogP contribution is 2.28. The van der Waals surface area contributed by atoms with Gasteiger partial charge in [-0.2, -0.15) is 0 Å². The van der Waals surface area contributed by atoms with Gasteiger partial charge in [0.25, 0.3) is 0 Å². The van der Waals surface area contributed by atoms with Gasteiger partial charge < -0.3 is 10.2 Å². The van der Waals surface area contributed by atoms with Crippen LogP contribution in [0.2, 0.25) is 0 Å². The van der Waals surface area contributed by atoms with Crippen LogP contribution in [0, 0.1) is 0 Å². The first kappa shape index (κ1) is 10.9. The van der Waals surface area contributed by atoms with E-state index in [1.807, 2.05) is 18.2 Å². The summed E-state index contributed by atoms with van der Waals surface area (Å²) < 4.78 is 0. The van der Waals surface area contributed by atoms with Crippen molar-refractivity contribution < 1.29 is 0 Å². The Morgan fingerprint density at radius 2 is 1.95 bits per heavy atom. The summed E-state index contributed by atoms with van der Waals surface area (Å²) in [5.41, 5.74) is 2.05. The zero-order chi connectivity index (χ0) is 12.7. The van der Waals surface area contributed by atoms with Crippen molar-refractivity contribution in [2.24, 2.45) is 0 Å². The summed E-state index contributed by atoms with van der Waals surface area (Å²) in [7, 11) is 0. The third-order valence-electron chi connectivity index (χ3n) is 4.15. The van der Waals surface area contributed by atoms with Gasteiger partial charge in [0.15, 0.2) is 5.82 Å². The molecule has 19 heavy (non-hydrogen) atoms. The van der Waals surface area contributed by atoms with Crippen molar-refractivity contribution in [2.45, 2.75) is 18.5 Å². The fourth-order valence-electron chi connectivity index (χ4n) is 2.98. The van der Waals surface area contributed by atoms with Crippen LogP contribution in [0.25, 0.3) is 11.3 Å². The molecule has 1 aromatic heterocycles. The van der Waals surface area contributed by atoms with Gasteiger partial charge in [-0.05, 0) is 18.6 Å². The molecular formula is C15H16N4. The van der Waals surface area contributed by atoms with Crippen molar-refractivity contribution in [3.05, 3.63) is 42.5 Å². The van der Waals surface area contributed by atoms with Gasteiger partial charge in [0.05, 0.1) is 11.7 Å². The fourth-order valence-corrected chi connectivity index (χ4v) is 2.98. The van der Waals surface area contributed by atoms with Gasteiger partial charge in [-0.3, -0.25) is 0 Å². The molecule has 1 aromatic carbocycles. The van der Waals surface area contributed by atoms with E-state index < -0.39 is 0 Å². The van der Waals surface area contributed by atoms with Crippen LogP contribution < -0.4 is 10.2 Å². The summed E-state index contributed by atoms with van der Waals surface area (Å²) in [4.78, 5) is 2.38. The Bertz CT molecular complexity index is 566. The standard InChI is InChI=1S/C15H16N4/c1-2-4-11(5-3-1)12-6-7-15(18-17-12)19-9-8-13-14(19)10-16-13/h1-7,13-14,16H,8-10H2. The first-order valence-electron chi connectivity index (χ1n) is 6.81. The van der Waals surface area contributed by atoms with Gasteiger partial charge in [-0.15, -0.1) is 10.2 Å². The average molecular weight is 252 g/mol. The van der Waals surface area contributed by atoms with Gasteiger partial charge in [-0.25, -0.2) is 0 Å². The van der Waals surface area contributed by atoms with Crippen molar-refractivity contribution in [3.8, 4) is 11.3 Å². The maximum Gasteiger partial charge on any atom is 0.151 e. The molecule has 0 aliphatic carbocycles. The smallest absolute Gasteiger partial charge is 0.151 e. The molecule has 0 bridgehead atoms. The average Bonchev–Trinajstić information content (AvgIpc) is 2.75. The Hall–Kier alpha value is -1.94. The van der Waals surface area contributed by atoms with Crippen LogP contribution in [-0.2, 0) is 0 Å². The Morgan fingerprint density at radius 3 is 2.58 bits per heavy atom. The second kappa shape index (κ2) is 4.31. The molecule has 0 saturated carbocycles. The van der Waals surface area contributed by atoms with Gasteiger partial charge in [0.1, 0.15) is 0 Å². The predicted octanol–water partition coefficient (Wildman–Crippen LogP) is 1.69. The number of aromatic nitrogens is 2. The molecule has 0 spiro atoms. The molecule has 2 atom stereocenters. The molecule has 2 fully saturated rings. The lowest BCUT2D eigenvalue weighted by atomic mass is 10.0. The predicted molar refractivity (Wildman–Crippen MR) is 75.0 cm³/mol. The highest BCUT2D eigenvalue weighted by atomic mass is 15.3. The summed E-state index contributed by atoms with van der Waals surface area (Å²) in [5, 5.41) is 12.2. The largest absolute Gasteiger partial charge is 0.349 e. The van der Waals surface area contributed by atoms with E-state index in [9.17, 15) is 0 Å². The van der Waals surface area contributed by atoms with E-state index in [1.165, 1.54) is 6.42 Å². The molecule has 0 radical (unpaired) electrons. The molecule has 4 heteroatoms. The van der Waals surface area contributed by atoms with E-state index in [0.29, 0.717) is 12.1 Å². The minimum Gasteiger partial charge on any atom is -0.349 e. The summed E-state index contributed by atoms with van der Waals surface area (Å²) in [6, 6.07) is 15.6. The molecule has 0 amide bonds. The van der Waals surface area contributed by atoms with Crippen molar-refractivity contribution in [3.63, 3.8) is 0 Å². The number of rotatable bonds is 2. The highest BCUT2D eigenvalue weighted by molar-refractivity contribution is 5.59. The molecule has 2 aliphatic rings. The van der Waals surface area contributed by atoms with Crippen LogP contribution in [0.15, 0.2) is 42.5 Å². The molecule has 96 valence electrons. The third kappa shape index (κ3) is 1.79. The lowest BCUT2D eigenvalue weighted by molar-refractivity contribution is 0.347. The van der Waals surface area contributed by atoms with Crippen LogP contribution in [0.5, 0.6) is 0 Å². The number of nitrogens with zero attached hydrogens (tertiary/aromatic N) is 3. The van der Waals surface area contributed by atoms with E-state index in [-0.39, 0.29) is 0 Å². The number of hydrogen-bond donors (Lipinski definition) is 1. The molecule has 2 aromatic rings. The van der Waals surface area contributed by atoms with Crippen molar-refractivity contribution in [2.75, 3.05) is 18.0 Å². The molecule has 2 saturated heterocycles. The van der Waals surface area contributed by atoms with Crippen molar-refractivity contribution in [1.82, 2.24) is 15.5 Å². The quantitative estimate of drug-likeness (QED) is 0.883. The Morgan fingerprint density at radius 1 is 1.05 bits per heavy atom. The van der Waals surface area contributed by atoms with Crippen LogP contribution in [0.4, 0.5) is 5.82 Å². The van der Waals surface area contributed by atoms with Crippen LogP contribution in [-0.4, -0.2) is 35.4 Å². The van der Waals surface area contributed by atoms with Crippen molar-refractivity contribution >= 4 is 5.82 Å². The van der Waals surface area contributed by atoms with Crippen LogP contribution in [0.1, 0.15) is 6.42 Å². The summed E-state index contributed by atoms with van der Waals surface area (Å²) >= 11 is 0. The zero-order valence-corrected chi connectivity index (χ0v) is 10.7. The zero-order valence-electron chi connectivity index (χ0n) is 10.7. The topological polar surface area (TPSA) is 41.0 Å². The van der Waals surface area contributed by atoms with E-state index in [2.05, 4.69) is 44.7 Å². The summed E-state index contributed by atoms with van der Waals surface area (Å²) in [6.45, 7) is 2.16. The second-order valence-corrected chi connectivity index (χ2v) is 5.21. The molecule has 2 unspecified atom stereocenters. The lowest BCUT2D eigenvalue weighted by Gasteiger charge is -2.37. The Kier molecular flexibility index (Phi) is 2.48. The number of fused-ring (bicyclic) bond motifs is 1. The second-order valence-electron chi connectivity index (χ2n) is 5.21. The normalized spacial score (nSPS) is 24.9. The lowest BCUT2D eigenvalue weighted by Crippen LogP contribution is -2.59. The molecule has 4 nitrogen and oxygen atoms in total. The fraction of sp³-hybridized carbons (Fsp3) is 0.333. The minimum absolute atomic E-state index is 0.622. The first-order chi connectivity index (χ1) is 9.42. The molecule has 4 rings (SSSR count). The minimum atomic E-state index is 0.622. The highest BCUT2D eigenvalue weighted by Gasteiger charge is 2.41. The molecule has 2 aliphatic heterocycles.